The maximum Gasteiger partial charge on any atom is 0.336 e. The topological polar surface area (TPSA) is 66.8 Å². The summed E-state index contributed by atoms with van der Waals surface area (Å²) in [5, 5.41) is 18.2. The van der Waals surface area contributed by atoms with Gasteiger partial charge in [-0.15, -0.1) is 0 Å². The Hall–Kier alpha value is -1.55. The van der Waals surface area contributed by atoms with Gasteiger partial charge in [0.2, 0.25) is 0 Å². The molecule has 0 aliphatic carbocycles. The van der Waals surface area contributed by atoms with Crippen molar-refractivity contribution in [1.29, 1.82) is 0 Å². The van der Waals surface area contributed by atoms with Crippen LogP contribution in [0.5, 0.6) is 5.75 Å². The van der Waals surface area contributed by atoms with Gasteiger partial charge in [0.15, 0.2) is 0 Å². The van der Waals surface area contributed by atoms with E-state index in [1.807, 2.05) is 0 Å². The van der Waals surface area contributed by atoms with E-state index in [9.17, 15) is 9.90 Å². The first-order chi connectivity index (χ1) is 6.68. The van der Waals surface area contributed by atoms with Gasteiger partial charge in [-0.05, 0) is 12.1 Å². The fraction of sp³-hybridized carbons (Fsp3) is 0.300. The second-order valence-corrected chi connectivity index (χ2v) is 3.26. The number of hydrogen-bond donors (Lipinski definition) is 2. The van der Waals surface area contributed by atoms with Crippen LogP contribution in [0.15, 0.2) is 18.2 Å². The van der Waals surface area contributed by atoms with Crippen LogP contribution in [-0.4, -0.2) is 28.9 Å². The fourth-order valence-corrected chi connectivity index (χ4v) is 1.59. The molecule has 0 amide bonds. The quantitative estimate of drug-likeness (QED) is 0.689. The van der Waals surface area contributed by atoms with Crippen LogP contribution in [0.3, 0.4) is 0 Å². The Bertz CT molecular complexity index is 372. The standard InChI is InChI=1S/C10H10O4/c11-6-4-8-7(10(12)13)2-1-3-9(8)14-5-6/h1-3,6,11H,4-5H2,(H,12,13). The first-order valence-corrected chi connectivity index (χ1v) is 4.34. The Morgan fingerprint density at radius 1 is 1.50 bits per heavy atom. The number of aliphatic hydroxyl groups excluding tert-OH is 1. The van der Waals surface area contributed by atoms with Crippen LogP contribution in [0.4, 0.5) is 0 Å². The molecular formula is C10H10O4. The number of aromatic carboxylic acids is 1. The van der Waals surface area contributed by atoms with Crippen molar-refractivity contribution < 1.29 is 19.7 Å². The Balaban J connectivity index is 2.48. The molecule has 14 heavy (non-hydrogen) atoms. The Morgan fingerprint density at radius 3 is 3.00 bits per heavy atom. The average Bonchev–Trinajstić information content (AvgIpc) is 2.16. The van der Waals surface area contributed by atoms with E-state index in [0.717, 1.165) is 0 Å². The molecule has 1 atom stereocenters. The van der Waals surface area contributed by atoms with Crippen LogP contribution in [0, 0.1) is 0 Å². The molecular weight excluding hydrogens is 184 g/mol. The van der Waals surface area contributed by atoms with E-state index in [1.54, 1.807) is 12.1 Å². The number of ether oxygens (including phenoxy) is 1. The van der Waals surface area contributed by atoms with Crippen LogP contribution in [0.25, 0.3) is 0 Å². The van der Waals surface area contributed by atoms with Gasteiger partial charge in [0.05, 0.1) is 11.7 Å². The van der Waals surface area contributed by atoms with Crippen molar-refractivity contribution in [3.63, 3.8) is 0 Å². The maximum absolute atomic E-state index is 10.8. The van der Waals surface area contributed by atoms with E-state index >= 15 is 0 Å². The maximum atomic E-state index is 10.8. The van der Waals surface area contributed by atoms with Gasteiger partial charge in [0.1, 0.15) is 12.4 Å². The first-order valence-electron chi connectivity index (χ1n) is 4.34. The molecule has 0 aromatic heterocycles. The van der Waals surface area contributed by atoms with E-state index in [4.69, 9.17) is 9.84 Å². The lowest BCUT2D eigenvalue weighted by molar-refractivity contribution is 0.0683. The van der Waals surface area contributed by atoms with Gasteiger partial charge >= 0.3 is 5.97 Å². The molecule has 0 saturated heterocycles. The number of fused-ring (bicyclic) bond motifs is 1. The summed E-state index contributed by atoms with van der Waals surface area (Å²) in [5.74, 6) is -0.422. The SMILES string of the molecule is O=C(O)c1cccc2c1CC(O)CO2. The van der Waals surface area contributed by atoms with E-state index in [2.05, 4.69) is 0 Å². The molecule has 1 unspecified atom stereocenters. The molecule has 0 bridgehead atoms. The third-order valence-electron chi connectivity index (χ3n) is 2.23. The van der Waals surface area contributed by atoms with Gasteiger partial charge < -0.3 is 14.9 Å². The van der Waals surface area contributed by atoms with Gasteiger partial charge in [0.25, 0.3) is 0 Å². The lowest BCUT2D eigenvalue weighted by atomic mass is 9.99. The number of carboxylic acids is 1. The third-order valence-corrected chi connectivity index (χ3v) is 2.23. The van der Waals surface area contributed by atoms with E-state index < -0.39 is 12.1 Å². The zero-order valence-corrected chi connectivity index (χ0v) is 7.43. The predicted octanol–water partition coefficient (Wildman–Crippen LogP) is 0.681. The average molecular weight is 194 g/mol. The van der Waals surface area contributed by atoms with Gasteiger partial charge in [-0.1, -0.05) is 6.07 Å². The van der Waals surface area contributed by atoms with Crippen molar-refractivity contribution in [3.8, 4) is 5.75 Å². The van der Waals surface area contributed by atoms with Crippen LogP contribution < -0.4 is 4.74 Å². The summed E-state index contributed by atoms with van der Waals surface area (Å²) in [6, 6.07) is 4.87. The summed E-state index contributed by atoms with van der Waals surface area (Å²) >= 11 is 0. The summed E-state index contributed by atoms with van der Waals surface area (Å²) in [7, 11) is 0. The van der Waals surface area contributed by atoms with Crippen LogP contribution in [0.2, 0.25) is 0 Å². The largest absolute Gasteiger partial charge is 0.491 e. The number of hydrogen-bond acceptors (Lipinski definition) is 3. The van der Waals surface area contributed by atoms with E-state index in [-0.39, 0.29) is 12.2 Å². The highest BCUT2D eigenvalue weighted by Crippen LogP contribution is 2.27. The molecule has 1 aromatic rings. The normalized spacial score (nSPS) is 19.6. The molecule has 0 spiro atoms. The molecule has 1 aromatic carbocycles. The van der Waals surface area contributed by atoms with E-state index in [1.165, 1.54) is 6.07 Å². The van der Waals surface area contributed by atoms with Crippen LogP contribution >= 0.6 is 0 Å². The fourth-order valence-electron chi connectivity index (χ4n) is 1.59. The second-order valence-electron chi connectivity index (χ2n) is 3.26. The minimum atomic E-state index is -0.987. The van der Waals surface area contributed by atoms with Crippen molar-refractivity contribution in [3.05, 3.63) is 29.3 Å². The van der Waals surface area contributed by atoms with Gasteiger partial charge in [0, 0.05) is 12.0 Å². The minimum absolute atomic E-state index is 0.209. The van der Waals surface area contributed by atoms with Crippen LogP contribution in [0.1, 0.15) is 15.9 Å². The number of carbonyl (C=O) groups is 1. The van der Waals surface area contributed by atoms with Crippen molar-refractivity contribution in [2.24, 2.45) is 0 Å². The summed E-state index contributed by atoms with van der Waals surface area (Å²) in [5.41, 5.74) is 0.792. The van der Waals surface area contributed by atoms with E-state index in [0.29, 0.717) is 17.7 Å². The molecule has 2 rings (SSSR count). The Kier molecular flexibility index (Phi) is 2.13. The molecule has 74 valence electrons. The molecule has 2 N–H and O–H groups in total. The predicted molar refractivity (Wildman–Crippen MR) is 48.6 cm³/mol. The highest BCUT2D eigenvalue weighted by Gasteiger charge is 2.22. The summed E-state index contributed by atoms with van der Waals surface area (Å²) < 4.78 is 5.21. The van der Waals surface area contributed by atoms with Crippen molar-refractivity contribution in [2.45, 2.75) is 12.5 Å². The smallest absolute Gasteiger partial charge is 0.336 e. The van der Waals surface area contributed by atoms with Crippen molar-refractivity contribution >= 4 is 5.97 Å². The van der Waals surface area contributed by atoms with Gasteiger partial charge in [-0.3, -0.25) is 0 Å². The third kappa shape index (κ3) is 1.44. The Morgan fingerprint density at radius 2 is 2.29 bits per heavy atom. The highest BCUT2D eigenvalue weighted by atomic mass is 16.5. The number of aliphatic hydroxyl groups is 1. The number of carboxylic acid groups (broad SMARTS) is 1. The first kappa shape index (κ1) is 9.02. The minimum Gasteiger partial charge on any atom is -0.491 e. The highest BCUT2D eigenvalue weighted by molar-refractivity contribution is 5.90. The van der Waals surface area contributed by atoms with Gasteiger partial charge in [-0.2, -0.15) is 0 Å². The van der Waals surface area contributed by atoms with Gasteiger partial charge in [-0.25, -0.2) is 4.79 Å². The monoisotopic (exact) mass is 194 g/mol. The van der Waals surface area contributed by atoms with Crippen molar-refractivity contribution in [1.82, 2.24) is 0 Å². The lowest BCUT2D eigenvalue weighted by Crippen LogP contribution is -2.26. The lowest BCUT2D eigenvalue weighted by Gasteiger charge is -2.22. The molecule has 4 heteroatoms. The number of benzene rings is 1. The number of rotatable bonds is 1. The summed E-state index contributed by atoms with van der Waals surface area (Å²) in [6.45, 7) is 0.232. The molecule has 1 aliphatic heterocycles. The molecule has 1 aliphatic rings. The zero-order valence-electron chi connectivity index (χ0n) is 7.43. The van der Waals surface area contributed by atoms with Crippen LogP contribution in [-0.2, 0) is 6.42 Å². The molecule has 0 radical (unpaired) electrons. The molecule has 1 heterocycles. The Labute approximate surface area is 80.7 Å². The second kappa shape index (κ2) is 3.31. The summed E-state index contributed by atoms with van der Waals surface area (Å²) in [4.78, 5) is 10.8. The molecule has 4 nitrogen and oxygen atoms in total. The van der Waals surface area contributed by atoms with Crippen molar-refractivity contribution in [2.75, 3.05) is 6.61 Å². The molecule has 0 saturated carbocycles. The zero-order chi connectivity index (χ0) is 10.1. The summed E-state index contributed by atoms with van der Waals surface area (Å²) in [6.07, 6.45) is -0.263. The molecule has 0 fully saturated rings.